The number of fused-ring (bicyclic) bond motifs is 1. The van der Waals surface area contributed by atoms with Gasteiger partial charge in [-0.1, -0.05) is 18.2 Å². The molecule has 0 saturated carbocycles. The van der Waals surface area contributed by atoms with Gasteiger partial charge in [0.1, 0.15) is 0 Å². The minimum Gasteiger partial charge on any atom is -0.493 e. The SMILES string of the molecule is COc1cc(CCC(=O)NCC(=O)N2CCCN2C(=O)Cc2c(C)[nH]c3ccccc23)cc(OC)c1OC. The zero-order chi connectivity index (χ0) is 27.2. The number of rotatable bonds is 10. The van der Waals surface area contributed by atoms with Crippen LogP contribution in [0.25, 0.3) is 10.9 Å². The fraction of sp³-hybridized carbons (Fsp3) is 0.393. The lowest BCUT2D eigenvalue weighted by atomic mass is 10.1. The van der Waals surface area contributed by atoms with Crippen molar-refractivity contribution in [3.63, 3.8) is 0 Å². The molecule has 0 spiro atoms. The molecular weight excluding hydrogens is 488 g/mol. The minimum atomic E-state index is -0.312. The quantitative estimate of drug-likeness (QED) is 0.423. The highest BCUT2D eigenvalue weighted by Crippen LogP contribution is 2.38. The van der Waals surface area contributed by atoms with E-state index in [4.69, 9.17) is 14.2 Å². The molecule has 0 radical (unpaired) electrons. The Labute approximate surface area is 221 Å². The molecule has 2 N–H and O–H groups in total. The molecule has 1 aliphatic rings. The van der Waals surface area contributed by atoms with Crippen molar-refractivity contribution in [1.29, 1.82) is 0 Å². The lowest BCUT2D eigenvalue weighted by Crippen LogP contribution is -2.49. The van der Waals surface area contributed by atoms with Gasteiger partial charge in [0.2, 0.25) is 17.6 Å². The number of benzene rings is 2. The highest BCUT2D eigenvalue weighted by Gasteiger charge is 2.31. The van der Waals surface area contributed by atoms with E-state index in [9.17, 15) is 14.4 Å². The molecule has 0 unspecified atom stereocenters. The number of carbonyl (C=O) groups is 3. The smallest absolute Gasteiger partial charge is 0.260 e. The van der Waals surface area contributed by atoms with E-state index in [1.807, 2.05) is 31.2 Å². The summed E-state index contributed by atoms with van der Waals surface area (Å²) in [5, 5.41) is 6.65. The summed E-state index contributed by atoms with van der Waals surface area (Å²) in [5.74, 6) is 0.792. The molecule has 4 rings (SSSR count). The summed E-state index contributed by atoms with van der Waals surface area (Å²) < 4.78 is 16.1. The van der Waals surface area contributed by atoms with Crippen molar-refractivity contribution in [2.75, 3.05) is 41.0 Å². The van der Waals surface area contributed by atoms with Gasteiger partial charge in [-0.2, -0.15) is 0 Å². The van der Waals surface area contributed by atoms with Crippen molar-refractivity contribution in [1.82, 2.24) is 20.3 Å². The van der Waals surface area contributed by atoms with E-state index in [1.165, 1.54) is 31.3 Å². The number of para-hydroxylation sites is 1. The van der Waals surface area contributed by atoms with Gasteiger partial charge in [0.15, 0.2) is 11.5 Å². The average Bonchev–Trinajstić information content (AvgIpc) is 3.54. The van der Waals surface area contributed by atoms with E-state index in [-0.39, 0.29) is 37.1 Å². The number of carbonyl (C=O) groups excluding carboxylic acids is 3. The summed E-state index contributed by atoms with van der Waals surface area (Å²) in [5.41, 5.74) is 3.70. The van der Waals surface area contributed by atoms with Gasteiger partial charge >= 0.3 is 0 Å². The number of hydrazine groups is 1. The van der Waals surface area contributed by atoms with Crippen molar-refractivity contribution < 1.29 is 28.6 Å². The van der Waals surface area contributed by atoms with E-state index in [0.29, 0.717) is 43.2 Å². The summed E-state index contributed by atoms with van der Waals surface area (Å²) in [6.07, 6.45) is 1.49. The number of aromatic nitrogens is 1. The molecule has 1 fully saturated rings. The molecular formula is C28H34N4O6. The third-order valence-electron chi connectivity index (χ3n) is 6.76. The van der Waals surface area contributed by atoms with E-state index in [1.54, 1.807) is 12.1 Å². The van der Waals surface area contributed by atoms with Crippen LogP contribution in [-0.2, 0) is 27.2 Å². The zero-order valence-corrected chi connectivity index (χ0v) is 22.3. The van der Waals surface area contributed by atoms with E-state index in [0.717, 1.165) is 27.7 Å². The summed E-state index contributed by atoms with van der Waals surface area (Å²) in [6.45, 7) is 2.69. The molecule has 0 atom stereocenters. The summed E-state index contributed by atoms with van der Waals surface area (Å²) >= 11 is 0. The predicted octanol–water partition coefficient (Wildman–Crippen LogP) is 2.77. The molecule has 38 heavy (non-hydrogen) atoms. The zero-order valence-electron chi connectivity index (χ0n) is 22.3. The molecule has 0 aliphatic carbocycles. The van der Waals surface area contributed by atoms with E-state index in [2.05, 4.69) is 10.3 Å². The lowest BCUT2D eigenvalue weighted by Gasteiger charge is -2.28. The van der Waals surface area contributed by atoms with Crippen molar-refractivity contribution in [3.05, 3.63) is 53.2 Å². The topological polar surface area (TPSA) is 113 Å². The van der Waals surface area contributed by atoms with Gasteiger partial charge in [-0.3, -0.25) is 19.4 Å². The molecule has 1 aromatic heterocycles. The Kier molecular flexibility index (Phi) is 8.40. The Hall–Kier alpha value is -4.21. The molecule has 2 heterocycles. The van der Waals surface area contributed by atoms with Crippen LogP contribution in [0.2, 0.25) is 0 Å². The monoisotopic (exact) mass is 522 g/mol. The predicted molar refractivity (Wildman–Crippen MR) is 142 cm³/mol. The number of aromatic amines is 1. The van der Waals surface area contributed by atoms with Crippen LogP contribution >= 0.6 is 0 Å². The second kappa shape index (κ2) is 11.9. The van der Waals surface area contributed by atoms with Gasteiger partial charge in [0.05, 0.1) is 34.3 Å². The number of amides is 3. The van der Waals surface area contributed by atoms with Gasteiger partial charge in [-0.25, -0.2) is 5.01 Å². The molecule has 10 nitrogen and oxygen atoms in total. The molecule has 3 aromatic rings. The van der Waals surface area contributed by atoms with Gasteiger partial charge < -0.3 is 24.5 Å². The molecule has 0 bridgehead atoms. The molecule has 2 aromatic carbocycles. The molecule has 10 heteroatoms. The maximum atomic E-state index is 13.2. The number of methoxy groups -OCH3 is 3. The fourth-order valence-corrected chi connectivity index (χ4v) is 4.83. The highest BCUT2D eigenvalue weighted by molar-refractivity contribution is 5.92. The highest BCUT2D eigenvalue weighted by atomic mass is 16.5. The van der Waals surface area contributed by atoms with Crippen LogP contribution in [-0.4, -0.2) is 73.7 Å². The number of H-pyrrole nitrogens is 1. The number of nitrogens with zero attached hydrogens (tertiary/aromatic N) is 2. The normalized spacial score (nSPS) is 13.1. The van der Waals surface area contributed by atoms with Gasteiger partial charge in [0.25, 0.3) is 5.91 Å². The van der Waals surface area contributed by atoms with Crippen molar-refractivity contribution in [2.24, 2.45) is 0 Å². The third-order valence-corrected chi connectivity index (χ3v) is 6.76. The van der Waals surface area contributed by atoms with Crippen molar-refractivity contribution >= 4 is 28.6 Å². The van der Waals surface area contributed by atoms with E-state index < -0.39 is 0 Å². The largest absolute Gasteiger partial charge is 0.493 e. The number of ether oxygens (including phenoxy) is 3. The average molecular weight is 523 g/mol. The van der Waals surface area contributed by atoms with E-state index >= 15 is 0 Å². The molecule has 202 valence electrons. The van der Waals surface area contributed by atoms with Gasteiger partial charge in [-0.15, -0.1) is 0 Å². The number of hydrogen-bond acceptors (Lipinski definition) is 6. The van der Waals surface area contributed by atoms with Crippen LogP contribution < -0.4 is 19.5 Å². The first-order valence-corrected chi connectivity index (χ1v) is 12.6. The third kappa shape index (κ3) is 5.69. The first-order valence-electron chi connectivity index (χ1n) is 12.6. The minimum absolute atomic E-state index is 0.141. The Balaban J connectivity index is 1.31. The van der Waals surface area contributed by atoms with Gasteiger partial charge in [-0.05, 0) is 49.1 Å². The summed E-state index contributed by atoms with van der Waals surface area (Å²) in [7, 11) is 4.60. The Morgan fingerprint density at radius 1 is 0.947 bits per heavy atom. The standard InChI is InChI=1S/C28H34N4O6/c1-18-21(20-8-5-6-9-22(20)30-18)16-26(34)31-12-7-13-32(31)27(35)17-29-25(33)11-10-19-14-23(36-2)28(38-4)24(15-19)37-3/h5-6,8-9,14-15,30H,7,10-13,16-17H2,1-4H3,(H,29,33). The van der Waals surface area contributed by atoms with Crippen LogP contribution in [0.3, 0.4) is 0 Å². The number of nitrogens with one attached hydrogen (secondary N) is 2. The Bertz CT molecular complexity index is 1310. The molecule has 3 amide bonds. The Morgan fingerprint density at radius 2 is 1.61 bits per heavy atom. The van der Waals surface area contributed by atoms with Crippen molar-refractivity contribution in [3.8, 4) is 17.2 Å². The second-order valence-electron chi connectivity index (χ2n) is 9.15. The van der Waals surface area contributed by atoms with Crippen LogP contribution in [0.5, 0.6) is 17.2 Å². The van der Waals surface area contributed by atoms with Crippen LogP contribution in [0.4, 0.5) is 0 Å². The Morgan fingerprint density at radius 3 is 2.26 bits per heavy atom. The lowest BCUT2D eigenvalue weighted by molar-refractivity contribution is -0.157. The summed E-state index contributed by atoms with van der Waals surface area (Å²) in [4.78, 5) is 41.9. The molecule has 1 aliphatic heterocycles. The van der Waals surface area contributed by atoms with Crippen molar-refractivity contribution in [2.45, 2.75) is 32.6 Å². The fourth-order valence-electron chi connectivity index (χ4n) is 4.83. The maximum absolute atomic E-state index is 13.2. The molecule has 1 saturated heterocycles. The maximum Gasteiger partial charge on any atom is 0.260 e. The number of hydrogen-bond donors (Lipinski definition) is 2. The first-order chi connectivity index (χ1) is 18.4. The number of aryl methyl sites for hydroxylation is 2. The van der Waals surface area contributed by atoms with Crippen LogP contribution in [0.15, 0.2) is 36.4 Å². The second-order valence-corrected chi connectivity index (χ2v) is 9.15. The van der Waals surface area contributed by atoms with Crippen LogP contribution in [0.1, 0.15) is 29.7 Å². The van der Waals surface area contributed by atoms with Gasteiger partial charge in [0, 0.05) is 36.1 Å². The van der Waals surface area contributed by atoms with Crippen LogP contribution in [0, 0.1) is 6.92 Å². The summed E-state index contributed by atoms with van der Waals surface area (Å²) in [6, 6.07) is 11.4. The first kappa shape index (κ1) is 26.8.